The van der Waals surface area contributed by atoms with Crippen molar-refractivity contribution in [3.05, 3.63) is 106 Å². The molecule has 4 rings (SSSR count). The fraction of sp³-hybridized carbons (Fsp3) is 0.0435. The number of amides is 1. The van der Waals surface area contributed by atoms with Crippen LogP contribution in [0.15, 0.2) is 85.1 Å². The molecule has 0 aliphatic rings. The Bertz CT molecular complexity index is 1250. The number of anilines is 1. The number of rotatable bonds is 6. The summed E-state index contributed by atoms with van der Waals surface area (Å²) in [4.78, 5) is 23.0. The van der Waals surface area contributed by atoms with E-state index >= 15 is 0 Å². The number of fused-ring (bicyclic) bond motifs is 1. The van der Waals surface area contributed by atoms with Gasteiger partial charge in [0.1, 0.15) is 5.82 Å². The van der Waals surface area contributed by atoms with Gasteiger partial charge in [-0.2, -0.15) is 5.10 Å². The second kappa shape index (κ2) is 8.40. The Morgan fingerprint density at radius 2 is 1.80 bits per heavy atom. The minimum absolute atomic E-state index is 0.0532. The second-order valence-corrected chi connectivity index (χ2v) is 6.65. The highest BCUT2D eigenvalue weighted by atomic mass is 16.6. The van der Waals surface area contributed by atoms with Gasteiger partial charge in [-0.1, -0.05) is 54.6 Å². The van der Waals surface area contributed by atoms with Crippen LogP contribution in [0.25, 0.3) is 16.8 Å². The summed E-state index contributed by atoms with van der Waals surface area (Å²) in [5, 5.41) is 20.5. The molecule has 0 atom stereocenters. The van der Waals surface area contributed by atoms with Gasteiger partial charge < -0.3 is 5.32 Å². The van der Waals surface area contributed by atoms with Crippen LogP contribution in [-0.2, 0) is 11.3 Å². The third kappa shape index (κ3) is 4.10. The summed E-state index contributed by atoms with van der Waals surface area (Å²) >= 11 is 0. The molecular formula is C23H18N4O3. The highest BCUT2D eigenvalue weighted by molar-refractivity contribution is 6.01. The lowest BCUT2D eigenvalue weighted by Crippen LogP contribution is -2.14. The number of nitrogens with one attached hydrogen (secondary N) is 1. The number of nitro groups is 1. The van der Waals surface area contributed by atoms with E-state index in [1.54, 1.807) is 35.1 Å². The first-order chi connectivity index (χ1) is 14.6. The molecule has 0 saturated carbocycles. The Kier molecular flexibility index (Phi) is 5.34. The zero-order valence-electron chi connectivity index (χ0n) is 15.9. The predicted molar refractivity (Wildman–Crippen MR) is 116 cm³/mol. The van der Waals surface area contributed by atoms with E-state index in [-0.39, 0.29) is 5.69 Å². The molecule has 3 aromatic carbocycles. The maximum Gasteiger partial charge on any atom is 0.276 e. The minimum Gasteiger partial charge on any atom is -0.307 e. The molecule has 0 bridgehead atoms. The Hall–Kier alpha value is -4.26. The molecule has 0 radical (unpaired) electrons. The van der Waals surface area contributed by atoms with Gasteiger partial charge in [-0.3, -0.25) is 14.9 Å². The molecule has 7 nitrogen and oxygen atoms in total. The van der Waals surface area contributed by atoms with Crippen LogP contribution in [0.3, 0.4) is 0 Å². The lowest BCUT2D eigenvalue weighted by Gasteiger charge is -2.10. The van der Waals surface area contributed by atoms with Gasteiger partial charge >= 0.3 is 0 Å². The Morgan fingerprint density at radius 3 is 2.67 bits per heavy atom. The molecule has 30 heavy (non-hydrogen) atoms. The third-order valence-corrected chi connectivity index (χ3v) is 4.72. The number of benzene rings is 3. The summed E-state index contributed by atoms with van der Waals surface area (Å²) in [5.74, 6) is 0.146. The van der Waals surface area contributed by atoms with Crippen molar-refractivity contribution in [3.63, 3.8) is 0 Å². The van der Waals surface area contributed by atoms with E-state index < -0.39 is 10.8 Å². The largest absolute Gasteiger partial charge is 0.307 e. The molecule has 0 spiro atoms. The van der Waals surface area contributed by atoms with Crippen LogP contribution in [0, 0.1) is 10.1 Å². The molecule has 1 aromatic heterocycles. The van der Waals surface area contributed by atoms with E-state index in [1.807, 2.05) is 24.3 Å². The van der Waals surface area contributed by atoms with Gasteiger partial charge in [-0.15, -0.1) is 0 Å². The molecule has 7 heteroatoms. The number of carbonyl (C=O) groups is 1. The smallest absolute Gasteiger partial charge is 0.276 e. The van der Waals surface area contributed by atoms with Crippen LogP contribution >= 0.6 is 0 Å². The van der Waals surface area contributed by atoms with Gasteiger partial charge in [0.25, 0.3) is 5.69 Å². The zero-order valence-corrected chi connectivity index (χ0v) is 15.9. The Morgan fingerprint density at radius 1 is 1.03 bits per heavy atom. The average Bonchev–Trinajstić information content (AvgIpc) is 3.19. The maximum absolute atomic E-state index is 12.4. The first-order valence-corrected chi connectivity index (χ1v) is 9.33. The van der Waals surface area contributed by atoms with Crippen molar-refractivity contribution in [2.45, 2.75) is 6.54 Å². The number of nitro benzene ring substituents is 1. The number of aromatic nitrogens is 2. The summed E-state index contributed by atoms with van der Waals surface area (Å²) in [5.41, 5.74) is 1.40. The molecule has 0 fully saturated rings. The third-order valence-electron chi connectivity index (χ3n) is 4.72. The first-order valence-electron chi connectivity index (χ1n) is 9.33. The van der Waals surface area contributed by atoms with E-state index in [4.69, 9.17) is 0 Å². The fourth-order valence-corrected chi connectivity index (χ4v) is 3.28. The lowest BCUT2D eigenvalue weighted by atomic mass is 10.0. The van der Waals surface area contributed by atoms with Crippen LogP contribution in [0.4, 0.5) is 11.5 Å². The quantitative estimate of drug-likeness (QED) is 0.291. The molecule has 1 amide bonds. The van der Waals surface area contributed by atoms with Gasteiger partial charge in [0.05, 0.1) is 23.2 Å². The van der Waals surface area contributed by atoms with Gasteiger partial charge in [0, 0.05) is 18.2 Å². The number of nitrogens with zero attached hydrogens (tertiary/aromatic N) is 3. The van der Waals surface area contributed by atoms with Crippen molar-refractivity contribution in [3.8, 4) is 0 Å². The van der Waals surface area contributed by atoms with Crippen LogP contribution < -0.4 is 5.32 Å². The number of hydrogen-bond acceptors (Lipinski definition) is 4. The molecular weight excluding hydrogens is 380 g/mol. The van der Waals surface area contributed by atoms with Crippen molar-refractivity contribution in [2.24, 2.45) is 0 Å². The number of carbonyl (C=O) groups excluding carboxylic acids is 1. The average molecular weight is 398 g/mol. The fourth-order valence-electron chi connectivity index (χ4n) is 3.28. The van der Waals surface area contributed by atoms with Gasteiger partial charge in [0.15, 0.2) is 0 Å². The summed E-state index contributed by atoms with van der Waals surface area (Å²) < 4.78 is 1.71. The molecule has 148 valence electrons. The summed E-state index contributed by atoms with van der Waals surface area (Å²) in [6.07, 6.45) is 4.32. The normalized spacial score (nSPS) is 11.1. The van der Waals surface area contributed by atoms with Crippen molar-refractivity contribution in [1.82, 2.24) is 9.78 Å². The topological polar surface area (TPSA) is 90.1 Å². The molecule has 0 aliphatic carbocycles. The first kappa shape index (κ1) is 19.1. The van der Waals surface area contributed by atoms with Gasteiger partial charge in [0.2, 0.25) is 5.91 Å². The van der Waals surface area contributed by atoms with E-state index in [9.17, 15) is 14.9 Å². The number of para-hydroxylation sites is 1. The van der Waals surface area contributed by atoms with Crippen LogP contribution in [-0.4, -0.2) is 20.6 Å². The minimum atomic E-state index is -0.475. The lowest BCUT2D eigenvalue weighted by molar-refractivity contribution is -0.385. The second-order valence-electron chi connectivity index (χ2n) is 6.65. The van der Waals surface area contributed by atoms with E-state index in [2.05, 4.69) is 28.6 Å². The summed E-state index contributed by atoms with van der Waals surface area (Å²) in [7, 11) is 0. The molecule has 0 aliphatic heterocycles. The van der Waals surface area contributed by atoms with Crippen molar-refractivity contribution < 1.29 is 9.72 Å². The monoisotopic (exact) mass is 398 g/mol. The van der Waals surface area contributed by atoms with Crippen molar-refractivity contribution in [1.29, 1.82) is 0 Å². The van der Waals surface area contributed by atoms with Gasteiger partial charge in [-0.05, 0) is 28.5 Å². The molecule has 1 N–H and O–H groups in total. The molecule has 0 saturated heterocycles. The predicted octanol–water partition coefficient (Wildman–Crippen LogP) is 4.64. The molecule has 4 aromatic rings. The van der Waals surface area contributed by atoms with Crippen LogP contribution in [0.1, 0.15) is 11.1 Å². The van der Waals surface area contributed by atoms with Crippen LogP contribution in [0.2, 0.25) is 0 Å². The number of hydrogen-bond donors (Lipinski definition) is 1. The standard InChI is InChI=1S/C23H18N4O3/c28-23(13-12-18-7-2-4-11-21(18)27(29)30)25-22-14-15-24-26(22)16-19-9-5-8-17-6-1-3-10-20(17)19/h1-15H,16H2,(H,25,28)/b13-12+. The zero-order chi connectivity index (χ0) is 20.9. The molecule has 0 unspecified atom stereocenters. The summed E-state index contributed by atoms with van der Waals surface area (Å²) in [6, 6.07) is 22.1. The highest BCUT2D eigenvalue weighted by Gasteiger charge is 2.11. The molecule has 1 heterocycles. The van der Waals surface area contributed by atoms with Gasteiger partial charge in [-0.25, -0.2) is 4.68 Å². The highest BCUT2D eigenvalue weighted by Crippen LogP contribution is 2.21. The van der Waals surface area contributed by atoms with E-state index in [0.29, 0.717) is 17.9 Å². The SMILES string of the molecule is O=C(/C=C/c1ccccc1[N+](=O)[O-])Nc1ccnn1Cc1cccc2ccccc12. The van der Waals surface area contributed by atoms with E-state index in [1.165, 1.54) is 18.2 Å². The van der Waals surface area contributed by atoms with Crippen LogP contribution in [0.5, 0.6) is 0 Å². The van der Waals surface area contributed by atoms with E-state index in [0.717, 1.165) is 16.3 Å². The Labute approximate surface area is 172 Å². The maximum atomic E-state index is 12.4. The summed E-state index contributed by atoms with van der Waals surface area (Å²) in [6.45, 7) is 0.498. The Balaban J connectivity index is 1.51. The van der Waals surface area contributed by atoms with Crippen molar-refractivity contribution in [2.75, 3.05) is 5.32 Å². The van der Waals surface area contributed by atoms with Crippen molar-refractivity contribution >= 4 is 34.3 Å².